The van der Waals surface area contributed by atoms with Crippen LogP contribution in [0.1, 0.15) is 11.1 Å². The Morgan fingerprint density at radius 3 is 2.84 bits per heavy atom. The molecule has 0 saturated heterocycles. The quantitative estimate of drug-likeness (QED) is 0.462. The van der Waals surface area contributed by atoms with Crippen LogP contribution in [-0.4, -0.2) is 34.2 Å². The van der Waals surface area contributed by atoms with Gasteiger partial charge in [-0.3, -0.25) is 9.36 Å². The molecule has 5 rings (SSSR count). The number of ether oxygens (including phenoxy) is 3. The van der Waals surface area contributed by atoms with Crippen molar-refractivity contribution in [2.75, 3.05) is 13.4 Å². The number of hydrogen-bond donors (Lipinski definition) is 1. The van der Waals surface area contributed by atoms with Gasteiger partial charge in [-0.25, -0.2) is 4.98 Å². The third-order valence-corrected chi connectivity index (χ3v) is 6.63. The highest BCUT2D eigenvalue weighted by Crippen LogP contribution is 2.35. The molecule has 3 heterocycles. The number of aromatic nitrogens is 2. The molecule has 0 fully saturated rings. The average molecular weight is 451 g/mol. The van der Waals surface area contributed by atoms with Crippen molar-refractivity contribution in [2.45, 2.75) is 26.2 Å². The summed E-state index contributed by atoms with van der Waals surface area (Å²) >= 11 is 1.51. The van der Waals surface area contributed by atoms with Gasteiger partial charge >= 0.3 is 0 Å². The number of rotatable bonds is 7. The molecule has 32 heavy (non-hydrogen) atoms. The molecule has 0 saturated carbocycles. The zero-order chi connectivity index (χ0) is 22.1. The standard InChI is InChI=1S/C24H22N2O5S/c1-15-21-23(32-22(15)17-5-3-2-4-6-17)25-13-26(24(21)28)10-18(27)12-29-11-16-7-8-19-20(9-16)31-14-30-19/h2-9,13,18,27H,10-12,14H2,1H3/t18-/m1/s1. The fourth-order valence-corrected chi connectivity index (χ4v) is 4.92. The second-order valence-corrected chi connectivity index (χ2v) is 8.66. The lowest BCUT2D eigenvalue weighted by Crippen LogP contribution is -2.29. The van der Waals surface area contributed by atoms with Gasteiger partial charge < -0.3 is 19.3 Å². The van der Waals surface area contributed by atoms with Crippen LogP contribution in [0.5, 0.6) is 11.5 Å². The van der Waals surface area contributed by atoms with Crippen molar-refractivity contribution in [1.82, 2.24) is 9.55 Å². The van der Waals surface area contributed by atoms with Gasteiger partial charge in [-0.15, -0.1) is 11.3 Å². The predicted octanol–water partition coefficient (Wildman–Crippen LogP) is 3.74. The largest absolute Gasteiger partial charge is 0.454 e. The van der Waals surface area contributed by atoms with Crippen molar-refractivity contribution in [3.8, 4) is 21.9 Å². The van der Waals surface area contributed by atoms with Crippen molar-refractivity contribution < 1.29 is 19.3 Å². The van der Waals surface area contributed by atoms with E-state index in [0.29, 0.717) is 22.6 Å². The maximum atomic E-state index is 13.1. The number of nitrogens with zero attached hydrogens (tertiary/aromatic N) is 2. The highest BCUT2D eigenvalue weighted by molar-refractivity contribution is 7.22. The van der Waals surface area contributed by atoms with Gasteiger partial charge in [0.15, 0.2) is 11.5 Å². The molecule has 0 aliphatic carbocycles. The molecule has 1 aliphatic heterocycles. The van der Waals surface area contributed by atoms with E-state index in [9.17, 15) is 9.90 Å². The molecule has 4 aromatic rings. The first-order valence-electron chi connectivity index (χ1n) is 10.3. The molecule has 2 aromatic heterocycles. The highest BCUT2D eigenvalue weighted by atomic mass is 32.1. The van der Waals surface area contributed by atoms with E-state index in [1.54, 1.807) is 0 Å². The van der Waals surface area contributed by atoms with E-state index in [-0.39, 0.29) is 25.5 Å². The number of aryl methyl sites for hydroxylation is 1. The zero-order valence-corrected chi connectivity index (χ0v) is 18.3. The third kappa shape index (κ3) is 4.00. The topological polar surface area (TPSA) is 82.8 Å². The lowest BCUT2D eigenvalue weighted by Gasteiger charge is -2.13. The molecule has 1 atom stereocenters. The summed E-state index contributed by atoms with van der Waals surface area (Å²) in [5, 5.41) is 11.0. The van der Waals surface area contributed by atoms with Gasteiger partial charge in [0, 0.05) is 4.88 Å². The van der Waals surface area contributed by atoms with E-state index >= 15 is 0 Å². The summed E-state index contributed by atoms with van der Waals surface area (Å²) in [6.07, 6.45) is 0.657. The van der Waals surface area contributed by atoms with Crippen LogP contribution < -0.4 is 15.0 Å². The van der Waals surface area contributed by atoms with Crippen LogP contribution in [0.4, 0.5) is 0 Å². The molecule has 7 nitrogen and oxygen atoms in total. The summed E-state index contributed by atoms with van der Waals surface area (Å²) in [6.45, 7) is 2.70. The van der Waals surface area contributed by atoms with Crippen LogP contribution >= 0.6 is 11.3 Å². The fraction of sp³-hybridized carbons (Fsp3) is 0.250. The van der Waals surface area contributed by atoms with E-state index in [2.05, 4.69) is 4.98 Å². The van der Waals surface area contributed by atoms with Gasteiger partial charge in [0.2, 0.25) is 6.79 Å². The van der Waals surface area contributed by atoms with Crippen molar-refractivity contribution in [3.63, 3.8) is 0 Å². The molecule has 1 aliphatic rings. The summed E-state index contributed by atoms with van der Waals surface area (Å²) in [6, 6.07) is 15.6. The second kappa shape index (κ2) is 8.74. The van der Waals surface area contributed by atoms with E-state index in [0.717, 1.165) is 27.3 Å². The van der Waals surface area contributed by atoms with Crippen LogP contribution in [0.3, 0.4) is 0 Å². The van der Waals surface area contributed by atoms with Gasteiger partial charge in [0.05, 0.1) is 37.6 Å². The highest BCUT2D eigenvalue weighted by Gasteiger charge is 2.17. The van der Waals surface area contributed by atoms with E-state index in [4.69, 9.17) is 14.2 Å². The summed E-state index contributed by atoms with van der Waals surface area (Å²) in [5.41, 5.74) is 2.75. The Labute approximate surface area is 188 Å². The van der Waals surface area contributed by atoms with Gasteiger partial charge in [-0.2, -0.15) is 0 Å². The molecule has 164 valence electrons. The van der Waals surface area contributed by atoms with E-state index in [1.807, 2.05) is 55.5 Å². The molecule has 0 amide bonds. The number of hydrogen-bond acceptors (Lipinski definition) is 7. The van der Waals surface area contributed by atoms with Gasteiger partial charge in [0.25, 0.3) is 5.56 Å². The third-order valence-electron chi connectivity index (χ3n) is 5.38. The molecule has 0 bridgehead atoms. The molecule has 1 N–H and O–H groups in total. The maximum absolute atomic E-state index is 13.1. The van der Waals surface area contributed by atoms with Gasteiger partial charge in [-0.1, -0.05) is 36.4 Å². The lowest BCUT2D eigenvalue weighted by molar-refractivity contribution is 0.0198. The normalized spacial score (nSPS) is 13.6. The summed E-state index contributed by atoms with van der Waals surface area (Å²) in [7, 11) is 0. The molecule has 2 aromatic carbocycles. The molecule has 0 spiro atoms. The summed E-state index contributed by atoms with van der Waals surface area (Å²) in [5.74, 6) is 1.41. The Bertz CT molecular complexity index is 1320. The maximum Gasteiger partial charge on any atom is 0.262 e. The van der Waals surface area contributed by atoms with Gasteiger partial charge in [-0.05, 0) is 35.7 Å². The molecular weight excluding hydrogens is 428 g/mol. The Morgan fingerprint density at radius 1 is 1.19 bits per heavy atom. The zero-order valence-electron chi connectivity index (χ0n) is 17.5. The van der Waals surface area contributed by atoms with Crippen molar-refractivity contribution in [3.05, 3.63) is 76.3 Å². The molecular formula is C24H22N2O5S. The lowest BCUT2D eigenvalue weighted by atomic mass is 10.1. The van der Waals surface area contributed by atoms with Crippen LogP contribution in [0, 0.1) is 6.92 Å². The molecule has 0 unspecified atom stereocenters. The minimum atomic E-state index is -0.839. The minimum Gasteiger partial charge on any atom is -0.454 e. The van der Waals surface area contributed by atoms with E-state index < -0.39 is 6.10 Å². The first kappa shape index (κ1) is 20.7. The molecule has 0 radical (unpaired) electrons. The van der Waals surface area contributed by atoms with Crippen LogP contribution in [0.25, 0.3) is 20.7 Å². The van der Waals surface area contributed by atoms with Crippen molar-refractivity contribution >= 4 is 21.6 Å². The van der Waals surface area contributed by atoms with Crippen LogP contribution in [-0.2, 0) is 17.9 Å². The first-order chi connectivity index (χ1) is 15.6. The number of aliphatic hydroxyl groups is 1. The van der Waals surface area contributed by atoms with Crippen molar-refractivity contribution in [1.29, 1.82) is 0 Å². The smallest absolute Gasteiger partial charge is 0.262 e. The van der Waals surface area contributed by atoms with Crippen LogP contribution in [0.2, 0.25) is 0 Å². The minimum absolute atomic E-state index is 0.0941. The number of aliphatic hydroxyl groups excluding tert-OH is 1. The van der Waals surface area contributed by atoms with Crippen LogP contribution in [0.15, 0.2) is 59.7 Å². The average Bonchev–Trinajstić information content (AvgIpc) is 3.40. The number of thiophene rings is 1. The first-order valence-corrected chi connectivity index (χ1v) is 11.1. The Kier molecular flexibility index (Phi) is 5.65. The monoisotopic (exact) mass is 450 g/mol. The summed E-state index contributed by atoms with van der Waals surface area (Å²) < 4.78 is 17.8. The second-order valence-electron chi connectivity index (χ2n) is 7.66. The van der Waals surface area contributed by atoms with Gasteiger partial charge in [0.1, 0.15) is 4.83 Å². The molecule has 8 heteroatoms. The van der Waals surface area contributed by atoms with Crippen molar-refractivity contribution in [2.24, 2.45) is 0 Å². The number of fused-ring (bicyclic) bond motifs is 2. The SMILES string of the molecule is Cc1c(-c2ccccc2)sc2ncn(C[C@@H](O)COCc3ccc4c(c3)OCO4)c(=O)c12. The number of benzene rings is 2. The fourth-order valence-electron chi connectivity index (χ4n) is 3.78. The Hall–Kier alpha value is -3.20. The van der Waals surface area contributed by atoms with E-state index in [1.165, 1.54) is 22.2 Å². The Morgan fingerprint density at radius 2 is 2.00 bits per heavy atom. The predicted molar refractivity (Wildman–Crippen MR) is 122 cm³/mol. The summed E-state index contributed by atoms with van der Waals surface area (Å²) in [4.78, 5) is 19.3. The Balaban J connectivity index is 1.27.